The number of aromatic nitrogens is 6. The summed E-state index contributed by atoms with van der Waals surface area (Å²) < 4.78 is 9.28. The lowest BCUT2D eigenvalue weighted by atomic mass is 10.3. The zero-order valence-corrected chi connectivity index (χ0v) is 11.5. The van der Waals surface area contributed by atoms with Gasteiger partial charge >= 0.3 is 0 Å². The monoisotopic (exact) mass is 288 g/mol. The first kappa shape index (κ1) is 12.5. The van der Waals surface area contributed by atoms with Crippen molar-refractivity contribution in [1.29, 1.82) is 0 Å². The minimum absolute atomic E-state index is 0.477. The fraction of sp³-hybridized carbons (Fsp3) is 0.167. The third kappa shape index (κ3) is 2.32. The second kappa shape index (κ2) is 5.25. The van der Waals surface area contributed by atoms with Crippen LogP contribution < -0.4 is 4.74 Å². The molecular formula is C12H12N6OS. The van der Waals surface area contributed by atoms with E-state index < -0.39 is 0 Å². The highest BCUT2D eigenvalue weighted by molar-refractivity contribution is 7.71. The predicted octanol–water partition coefficient (Wildman–Crippen LogP) is 1.58. The molecule has 0 fully saturated rings. The van der Waals surface area contributed by atoms with Gasteiger partial charge in [-0.2, -0.15) is 10.2 Å². The van der Waals surface area contributed by atoms with Gasteiger partial charge in [-0.3, -0.25) is 9.67 Å². The molecule has 0 aliphatic heterocycles. The average molecular weight is 288 g/mol. The number of nitrogens with one attached hydrogen (secondary N) is 1. The molecule has 0 atom stereocenters. The van der Waals surface area contributed by atoms with Crippen molar-refractivity contribution in [2.24, 2.45) is 0 Å². The van der Waals surface area contributed by atoms with Gasteiger partial charge in [0.1, 0.15) is 24.9 Å². The Bertz CT molecular complexity index is 760. The Morgan fingerprint density at radius 3 is 3.05 bits per heavy atom. The zero-order valence-electron chi connectivity index (χ0n) is 10.7. The maximum atomic E-state index is 5.29. The molecule has 102 valence electrons. The lowest BCUT2D eigenvalue weighted by Crippen LogP contribution is -2.08. The number of hydrogen-bond donors (Lipinski definition) is 1. The Balaban J connectivity index is 2.04. The van der Waals surface area contributed by atoms with E-state index in [9.17, 15) is 0 Å². The van der Waals surface area contributed by atoms with E-state index in [1.807, 2.05) is 28.8 Å². The van der Waals surface area contributed by atoms with Crippen LogP contribution in [0.4, 0.5) is 0 Å². The number of aromatic amines is 1. The van der Waals surface area contributed by atoms with Crippen LogP contribution in [0.3, 0.4) is 0 Å². The normalized spacial score (nSPS) is 10.7. The molecule has 1 N–H and O–H groups in total. The molecule has 2 heterocycles. The van der Waals surface area contributed by atoms with E-state index in [-0.39, 0.29) is 0 Å². The minimum Gasteiger partial charge on any atom is -0.497 e. The first-order valence-corrected chi connectivity index (χ1v) is 6.32. The van der Waals surface area contributed by atoms with Crippen LogP contribution >= 0.6 is 12.2 Å². The van der Waals surface area contributed by atoms with Gasteiger partial charge in [0.05, 0.1) is 12.8 Å². The van der Waals surface area contributed by atoms with Crippen molar-refractivity contribution < 1.29 is 4.74 Å². The maximum Gasteiger partial charge on any atom is 0.199 e. The van der Waals surface area contributed by atoms with E-state index in [4.69, 9.17) is 17.0 Å². The molecule has 7 nitrogen and oxygen atoms in total. The third-order valence-electron chi connectivity index (χ3n) is 2.82. The van der Waals surface area contributed by atoms with Gasteiger partial charge in [-0.1, -0.05) is 6.07 Å². The van der Waals surface area contributed by atoms with Crippen LogP contribution in [0.25, 0.3) is 5.69 Å². The van der Waals surface area contributed by atoms with Crippen molar-refractivity contribution >= 4 is 12.2 Å². The lowest BCUT2D eigenvalue weighted by Gasteiger charge is -2.08. The molecule has 0 spiro atoms. The van der Waals surface area contributed by atoms with Crippen LogP contribution in [0.5, 0.6) is 5.75 Å². The molecule has 8 heteroatoms. The maximum absolute atomic E-state index is 5.29. The van der Waals surface area contributed by atoms with Gasteiger partial charge < -0.3 is 4.74 Å². The van der Waals surface area contributed by atoms with Crippen LogP contribution in [0.2, 0.25) is 0 Å². The summed E-state index contributed by atoms with van der Waals surface area (Å²) in [6.45, 7) is 0.477. The number of hydrogen-bond acceptors (Lipinski definition) is 5. The number of nitrogens with zero attached hydrogens (tertiary/aromatic N) is 5. The van der Waals surface area contributed by atoms with Gasteiger partial charge in [-0.15, -0.1) is 0 Å². The molecule has 0 amide bonds. The highest BCUT2D eigenvalue weighted by atomic mass is 32.1. The van der Waals surface area contributed by atoms with Gasteiger partial charge in [0.25, 0.3) is 0 Å². The largest absolute Gasteiger partial charge is 0.497 e. The Hall–Kier alpha value is -2.48. The van der Waals surface area contributed by atoms with Crippen LogP contribution in [0.1, 0.15) is 5.82 Å². The first-order valence-electron chi connectivity index (χ1n) is 5.91. The Morgan fingerprint density at radius 1 is 1.40 bits per heavy atom. The molecule has 0 saturated carbocycles. The third-order valence-corrected chi connectivity index (χ3v) is 3.10. The number of H-pyrrole nitrogens is 1. The quantitative estimate of drug-likeness (QED) is 0.738. The summed E-state index contributed by atoms with van der Waals surface area (Å²) in [5, 5.41) is 11.1. The van der Waals surface area contributed by atoms with Gasteiger partial charge in [0, 0.05) is 6.07 Å². The van der Waals surface area contributed by atoms with E-state index in [1.165, 1.54) is 6.33 Å². The second-order valence-corrected chi connectivity index (χ2v) is 4.46. The Labute approximate surface area is 119 Å². The molecule has 2 aromatic heterocycles. The number of benzene rings is 1. The number of rotatable bonds is 4. The molecule has 0 aliphatic carbocycles. The zero-order chi connectivity index (χ0) is 13.9. The first-order chi connectivity index (χ1) is 9.78. The smallest absolute Gasteiger partial charge is 0.199 e. The fourth-order valence-electron chi connectivity index (χ4n) is 1.91. The van der Waals surface area contributed by atoms with Crippen LogP contribution in [0.15, 0.2) is 36.9 Å². The SMILES string of the molecule is COc1cccc(-n2c(Cn3cncn3)n[nH]c2=S)c1. The Morgan fingerprint density at radius 2 is 2.30 bits per heavy atom. The van der Waals surface area contributed by atoms with E-state index in [0.29, 0.717) is 11.3 Å². The second-order valence-electron chi connectivity index (χ2n) is 4.07. The molecule has 0 radical (unpaired) electrons. The van der Waals surface area contributed by atoms with Crippen LogP contribution in [-0.4, -0.2) is 36.6 Å². The summed E-state index contributed by atoms with van der Waals surface area (Å²) in [5.41, 5.74) is 0.887. The van der Waals surface area contributed by atoms with Crippen molar-refractivity contribution in [2.75, 3.05) is 7.11 Å². The highest BCUT2D eigenvalue weighted by Gasteiger charge is 2.10. The Kier molecular flexibility index (Phi) is 3.30. The summed E-state index contributed by atoms with van der Waals surface area (Å²) in [4.78, 5) is 3.91. The predicted molar refractivity (Wildman–Crippen MR) is 74.4 cm³/mol. The van der Waals surface area contributed by atoms with Crippen molar-refractivity contribution in [3.63, 3.8) is 0 Å². The summed E-state index contributed by atoms with van der Waals surface area (Å²) in [5.74, 6) is 1.51. The van der Waals surface area contributed by atoms with E-state index in [1.54, 1.807) is 18.1 Å². The van der Waals surface area contributed by atoms with Gasteiger partial charge in [-0.25, -0.2) is 9.67 Å². The molecule has 3 rings (SSSR count). The molecule has 0 saturated heterocycles. The highest BCUT2D eigenvalue weighted by Crippen LogP contribution is 2.18. The summed E-state index contributed by atoms with van der Waals surface area (Å²) in [7, 11) is 1.63. The van der Waals surface area contributed by atoms with Gasteiger partial charge in [0.2, 0.25) is 0 Å². The van der Waals surface area contributed by atoms with E-state index in [2.05, 4.69) is 20.3 Å². The van der Waals surface area contributed by atoms with Crippen molar-refractivity contribution in [1.82, 2.24) is 29.5 Å². The van der Waals surface area contributed by atoms with Crippen molar-refractivity contribution in [3.05, 3.63) is 47.5 Å². The summed E-state index contributed by atoms with van der Waals surface area (Å²) in [6, 6.07) is 7.63. The van der Waals surface area contributed by atoms with E-state index >= 15 is 0 Å². The van der Waals surface area contributed by atoms with E-state index in [0.717, 1.165) is 17.3 Å². The topological polar surface area (TPSA) is 73.6 Å². The summed E-state index contributed by atoms with van der Waals surface area (Å²) in [6.07, 6.45) is 3.12. The average Bonchev–Trinajstić information content (AvgIpc) is 3.10. The van der Waals surface area contributed by atoms with Crippen molar-refractivity contribution in [2.45, 2.75) is 6.54 Å². The molecule has 1 aromatic carbocycles. The van der Waals surface area contributed by atoms with Crippen LogP contribution in [-0.2, 0) is 6.54 Å². The van der Waals surface area contributed by atoms with Gasteiger partial charge in [-0.05, 0) is 24.4 Å². The van der Waals surface area contributed by atoms with Crippen LogP contribution in [0, 0.1) is 4.77 Å². The molecule has 0 unspecified atom stereocenters. The molecule has 3 aromatic rings. The molecule has 0 bridgehead atoms. The lowest BCUT2D eigenvalue weighted by molar-refractivity contribution is 0.414. The molecule has 20 heavy (non-hydrogen) atoms. The van der Waals surface area contributed by atoms with Crippen molar-refractivity contribution in [3.8, 4) is 11.4 Å². The fourth-order valence-corrected chi connectivity index (χ4v) is 2.17. The number of ether oxygens (including phenoxy) is 1. The molecular weight excluding hydrogens is 276 g/mol. The number of methoxy groups -OCH3 is 1. The molecule has 0 aliphatic rings. The standard InChI is InChI=1S/C12H12N6OS/c1-19-10-4-2-3-9(5-10)18-11(15-16-12(18)20)6-17-8-13-7-14-17/h2-5,7-8H,6H2,1H3,(H,16,20). The minimum atomic E-state index is 0.477. The van der Waals surface area contributed by atoms with Gasteiger partial charge in [0.15, 0.2) is 10.6 Å². The summed E-state index contributed by atoms with van der Waals surface area (Å²) >= 11 is 5.29.